The molecule has 7 nitrogen and oxygen atoms in total. The lowest BCUT2D eigenvalue weighted by molar-refractivity contribution is -0.138. The molecule has 0 unspecified atom stereocenters. The summed E-state index contributed by atoms with van der Waals surface area (Å²) in [6, 6.07) is 9.82. The van der Waals surface area contributed by atoms with Crippen LogP contribution in [0.1, 0.15) is 25.1 Å². The Morgan fingerprint density at radius 2 is 1.96 bits per heavy atom. The zero-order chi connectivity index (χ0) is 16.9. The maximum atomic E-state index is 12.4. The lowest BCUT2D eigenvalue weighted by atomic mass is 9.85. The Balaban J connectivity index is 1.90. The molecule has 122 valence electrons. The number of rotatable bonds is 7. The summed E-state index contributed by atoms with van der Waals surface area (Å²) < 4.78 is 1.22. The summed E-state index contributed by atoms with van der Waals surface area (Å²) in [6.45, 7) is 3.74. The summed E-state index contributed by atoms with van der Waals surface area (Å²) in [5.41, 5.74) is 1.06. The van der Waals surface area contributed by atoms with Crippen molar-refractivity contribution in [1.29, 1.82) is 0 Å². The maximum absolute atomic E-state index is 12.4. The molecule has 1 aromatic carbocycles. The van der Waals surface area contributed by atoms with Crippen LogP contribution in [0.5, 0.6) is 0 Å². The molecule has 0 bridgehead atoms. The topological polar surface area (TPSA) is 97.1 Å². The van der Waals surface area contributed by atoms with Gasteiger partial charge in [-0.05, 0) is 12.0 Å². The van der Waals surface area contributed by atoms with E-state index in [4.69, 9.17) is 5.11 Å². The Labute approximate surface area is 134 Å². The summed E-state index contributed by atoms with van der Waals surface area (Å²) in [5.74, 6) is -1.08. The average Bonchev–Trinajstić information content (AvgIpc) is 2.92. The highest BCUT2D eigenvalue weighted by Gasteiger charge is 2.27. The number of hydrogen-bond acceptors (Lipinski definition) is 4. The van der Waals surface area contributed by atoms with E-state index < -0.39 is 11.4 Å². The van der Waals surface area contributed by atoms with Crippen LogP contribution in [-0.4, -0.2) is 32.0 Å². The summed E-state index contributed by atoms with van der Waals surface area (Å²) in [5, 5.41) is 19.0. The van der Waals surface area contributed by atoms with Gasteiger partial charge >= 0.3 is 5.97 Å². The number of carbonyl (C=O) groups is 2. The molecule has 0 saturated carbocycles. The van der Waals surface area contributed by atoms with Crippen molar-refractivity contribution in [3.63, 3.8) is 0 Å². The van der Waals surface area contributed by atoms with Crippen molar-refractivity contribution < 1.29 is 14.7 Å². The van der Waals surface area contributed by atoms with Crippen molar-refractivity contribution in [2.75, 3.05) is 0 Å². The predicted molar refractivity (Wildman–Crippen MR) is 83.4 cm³/mol. The Kier molecular flexibility index (Phi) is 5.10. The number of nitrogens with zero attached hydrogens (tertiary/aromatic N) is 3. The minimum Gasteiger partial charge on any atom is -0.480 e. The minimum atomic E-state index is -0.991. The second-order valence-corrected chi connectivity index (χ2v) is 6.03. The molecule has 2 N–H and O–H groups in total. The number of aromatic nitrogens is 3. The van der Waals surface area contributed by atoms with Gasteiger partial charge < -0.3 is 10.4 Å². The van der Waals surface area contributed by atoms with Crippen LogP contribution in [0.4, 0.5) is 0 Å². The number of nitrogens with one attached hydrogen (secondary N) is 1. The molecular formula is C16H20N4O3. The van der Waals surface area contributed by atoms with E-state index in [0.717, 1.165) is 5.56 Å². The minimum absolute atomic E-state index is 0.0888. The second-order valence-electron chi connectivity index (χ2n) is 6.03. The van der Waals surface area contributed by atoms with Gasteiger partial charge in [0.1, 0.15) is 12.2 Å². The highest BCUT2D eigenvalue weighted by atomic mass is 16.4. The van der Waals surface area contributed by atoms with E-state index in [-0.39, 0.29) is 19.0 Å². The van der Waals surface area contributed by atoms with Crippen molar-refractivity contribution in [2.45, 2.75) is 33.4 Å². The largest absolute Gasteiger partial charge is 0.480 e. The molecule has 0 fully saturated rings. The fraction of sp³-hybridized carbons (Fsp3) is 0.375. The third kappa shape index (κ3) is 4.91. The van der Waals surface area contributed by atoms with Gasteiger partial charge in [-0.1, -0.05) is 49.4 Å². The Morgan fingerprint density at radius 1 is 1.26 bits per heavy atom. The fourth-order valence-electron chi connectivity index (χ4n) is 2.23. The van der Waals surface area contributed by atoms with Gasteiger partial charge in [0, 0.05) is 5.41 Å². The monoisotopic (exact) mass is 316 g/mol. The summed E-state index contributed by atoms with van der Waals surface area (Å²) in [6.07, 6.45) is 2.14. The number of benzene rings is 1. The highest BCUT2D eigenvalue weighted by molar-refractivity contribution is 5.82. The van der Waals surface area contributed by atoms with Gasteiger partial charge in [-0.25, -0.2) is 4.68 Å². The standard InChI is InChI=1S/C16H20N4O3/c1-16(2,8-12-6-4-3-5-7-12)15(23)17-9-13-10-20(19-18-13)11-14(21)22/h3-7,10H,8-9,11H2,1-2H3,(H,17,23)(H,21,22). The Morgan fingerprint density at radius 3 is 2.61 bits per heavy atom. The zero-order valence-electron chi connectivity index (χ0n) is 13.2. The van der Waals surface area contributed by atoms with E-state index in [1.165, 1.54) is 10.9 Å². The Bertz CT molecular complexity index is 680. The van der Waals surface area contributed by atoms with Gasteiger partial charge in [0.15, 0.2) is 0 Å². The smallest absolute Gasteiger partial charge is 0.325 e. The van der Waals surface area contributed by atoms with Crippen LogP contribution in [0.2, 0.25) is 0 Å². The molecule has 23 heavy (non-hydrogen) atoms. The molecule has 0 aliphatic carbocycles. The van der Waals surface area contributed by atoms with Crippen molar-refractivity contribution in [3.05, 3.63) is 47.8 Å². The molecule has 0 aliphatic rings. The van der Waals surface area contributed by atoms with Crippen LogP contribution in [0.15, 0.2) is 36.5 Å². The lowest BCUT2D eigenvalue weighted by Gasteiger charge is -2.23. The molecule has 1 amide bonds. The lowest BCUT2D eigenvalue weighted by Crippen LogP contribution is -2.38. The highest BCUT2D eigenvalue weighted by Crippen LogP contribution is 2.22. The number of aliphatic carboxylic acids is 1. The maximum Gasteiger partial charge on any atom is 0.325 e. The summed E-state index contributed by atoms with van der Waals surface area (Å²) >= 11 is 0. The van der Waals surface area contributed by atoms with Gasteiger partial charge in [-0.2, -0.15) is 0 Å². The quantitative estimate of drug-likeness (QED) is 0.801. The van der Waals surface area contributed by atoms with Crippen molar-refractivity contribution >= 4 is 11.9 Å². The van der Waals surface area contributed by atoms with E-state index >= 15 is 0 Å². The average molecular weight is 316 g/mol. The predicted octanol–water partition coefficient (Wildman–Crippen LogP) is 1.25. The third-order valence-electron chi connectivity index (χ3n) is 3.42. The van der Waals surface area contributed by atoms with Crippen LogP contribution in [0, 0.1) is 5.41 Å². The molecule has 1 aromatic heterocycles. The molecule has 0 atom stereocenters. The first-order valence-electron chi connectivity index (χ1n) is 7.30. The van der Waals surface area contributed by atoms with Gasteiger partial charge in [0.25, 0.3) is 0 Å². The molecule has 0 saturated heterocycles. The molecule has 0 spiro atoms. The first kappa shape index (κ1) is 16.7. The fourth-order valence-corrected chi connectivity index (χ4v) is 2.23. The van der Waals surface area contributed by atoms with E-state index in [2.05, 4.69) is 15.6 Å². The normalized spacial score (nSPS) is 11.2. The van der Waals surface area contributed by atoms with Gasteiger partial charge in [0.05, 0.1) is 12.7 Å². The van der Waals surface area contributed by atoms with Crippen LogP contribution in [-0.2, 0) is 29.1 Å². The number of carboxylic acids is 1. The number of carbonyl (C=O) groups excluding carboxylic acids is 1. The first-order chi connectivity index (χ1) is 10.9. The summed E-state index contributed by atoms with van der Waals surface area (Å²) in [4.78, 5) is 23.0. The van der Waals surface area contributed by atoms with Crippen molar-refractivity contribution in [1.82, 2.24) is 20.3 Å². The molecule has 2 rings (SSSR count). The molecule has 0 aliphatic heterocycles. The molecule has 0 radical (unpaired) electrons. The van der Waals surface area contributed by atoms with Gasteiger partial charge in [-0.15, -0.1) is 5.10 Å². The Hall–Kier alpha value is -2.70. The van der Waals surface area contributed by atoms with E-state index in [1.54, 1.807) is 0 Å². The van der Waals surface area contributed by atoms with Crippen molar-refractivity contribution in [2.24, 2.45) is 5.41 Å². The van der Waals surface area contributed by atoms with Gasteiger partial charge in [0.2, 0.25) is 5.91 Å². The zero-order valence-corrected chi connectivity index (χ0v) is 13.2. The summed E-state index contributed by atoms with van der Waals surface area (Å²) in [7, 11) is 0. The molecule has 1 heterocycles. The van der Waals surface area contributed by atoms with Crippen LogP contribution >= 0.6 is 0 Å². The van der Waals surface area contributed by atoms with Crippen LogP contribution in [0.25, 0.3) is 0 Å². The van der Waals surface area contributed by atoms with Crippen LogP contribution in [0.3, 0.4) is 0 Å². The van der Waals surface area contributed by atoms with E-state index in [0.29, 0.717) is 12.1 Å². The molecule has 2 aromatic rings. The number of hydrogen-bond donors (Lipinski definition) is 2. The molecular weight excluding hydrogens is 296 g/mol. The number of carboxylic acid groups (broad SMARTS) is 1. The van der Waals surface area contributed by atoms with Gasteiger partial charge in [-0.3, -0.25) is 9.59 Å². The first-order valence-corrected chi connectivity index (χ1v) is 7.30. The SMILES string of the molecule is CC(C)(Cc1ccccc1)C(=O)NCc1cn(CC(=O)O)nn1. The second kappa shape index (κ2) is 7.04. The van der Waals surface area contributed by atoms with Crippen molar-refractivity contribution in [3.8, 4) is 0 Å². The number of amides is 1. The third-order valence-corrected chi connectivity index (χ3v) is 3.42. The van der Waals surface area contributed by atoms with E-state index in [9.17, 15) is 9.59 Å². The van der Waals surface area contributed by atoms with Crippen LogP contribution < -0.4 is 5.32 Å². The van der Waals surface area contributed by atoms with E-state index in [1.807, 2.05) is 44.2 Å². The molecule has 7 heteroatoms.